The molecule has 6 nitrogen and oxygen atoms in total. The van der Waals surface area contributed by atoms with E-state index in [2.05, 4.69) is 15.8 Å². The zero-order chi connectivity index (χ0) is 13.3. The smallest absolute Gasteiger partial charge is 0.242 e. The summed E-state index contributed by atoms with van der Waals surface area (Å²) in [6.45, 7) is 6.47. The number of aromatic nitrogens is 1. The van der Waals surface area contributed by atoms with E-state index in [1.54, 1.807) is 6.07 Å². The number of carbonyl (C=O) groups excluding carboxylic acids is 1. The molecule has 100 valence electrons. The quantitative estimate of drug-likeness (QED) is 0.719. The van der Waals surface area contributed by atoms with Crippen molar-refractivity contribution in [1.29, 1.82) is 0 Å². The first-order valence-corrected chi connectivity index (χ1v) is 6.06. The van der Waals surface area contributed by atoms with Gasteiger partial charge in [-0.05, 0) is 6.42 Å². The van der Waals surface area contributed by atoms with Crippen molar-refractivity contribution >= 4 is 11.7 Å². The van der Waals surface area contributed by atoms with Crippen molar-refractivity contribution in [3.63, 3.8) is 0 Å². The lowest BCUT2D eigenvalue weighted by molar-refractivity contribution is -0.118. The van der Waals surface area contributed by atoms with Gasteiger partial charge in [-0.25, -0.2) is 0 Å². The number of hydrogen-bond donors (Lipinski definition) is 3. The molecule has 0 aromatic carbocycles. The molecule has 0 aliphatic carbocycles. The summed E-state index contributed by atoms with van der Waals surface area (Å²) in [7, 11) is 0. The van der Waals surface area contributed by atoms with Crippen LogP contribution in [-0.4, -0.2) is 34.9 Å². The fraction of sp³-hybridized carbons (Fsp3) is 0.667. The van der Waals surface area contributed by atoms with Gasteiger partial charge in [-0.15, -0.1) is 0 Å². The fourth-order valence-corrected chi connectivity index (χ4v) is 1.82. The Hall–Kier alpha value is -1.40. The number of rotatable bonds is 2. The van der Waals surface area contributed by atoms with Gasteiger partial charge in [0.05, 0.1) is 12.1 Å². The molecule has 1 aromatic heterocycles. The van der Waals surface area contributed by atoms with Gasteiger partial charge < -0.3 is 20.3 Å². The second-order valence-electron chi connectivity index (χ2n) is 5.67. The maximum Gasteiger partial charge on any atom is 0.242 e. The van der Waals surface area contributed by atoms with Crippen LogP contribution in [0.15, 0.2) is 10.6 Å². The molecule has 0 radical (unpaired) electrons. The number of β-amino-alcohol motifs (C(OH)–C–C–N with tert-alkyl or cyclic N) is 1. The highest BCUT2D eigenvalue weighted by Gasteiger charge is 2.29. The highest BCUT2D eigenvalue weighted by molar-refractivity contribution is 5.94. The SMILES string of the molecule is CC(C)(C)c1cc(NC(=O)C2C[C@@H](O)CN2)no1. The van der Waals surface area contributed by atoms with Gasteiger partial charge >= 0.3 is 0 Å². The van der Waals surface area contributed by atoms with Crippen molar-refractivity contribution in [2.45, 2.75) is 44.8 Å². The van der Waals surface area contributed by atoms with Crippen molar-refractivity contribution in [1.82, 2.24) is 10.5 Å². The maximum atomic E-state index is 11.9. The van der Waals surface area contributed by atoms with Crippen LogP contribution in [0.4, 0.5) is 5.82 Å². The van der Waals surface area contributed by atoms with Crippen molar-refractivity contribution in [3.8, 4) is 0 Å². The summed E-state index contributed by atoms with van der Waals surface area (Å²) in [4.78, 5) is 11.9. The first-order valence-electron chi connectivity index (χ1n) is 6.06. The molecule has 1 fully saturated rings. The van der Waals surface area contributed by atoms with Gasteiger partial charge in [0, 0.05) is 18.0 Å². The number of carbonyl (C=O) groups is 1. The van der Waals surface area contributed by atoms with E-state index >= 15 is 0 Å². The van der Waals surface area contributed by atoms with Crippen molar-refractivity contribution in [2.24, 2.45) is 0 Å². The summed E-state index contributed by atoms with van der Waals surface area (Å²) >= 11 is 0. The van der Waals surface area contributed by atoms with Crippen LogP contribution in [0.2, 0.25) is 0 Å². The number of aliphatic hydroxyl groups excluding tert-OH is 1. The highest BCUT2D eigenvalue weighted by atomic mass is 16.5. The van der Waals surface area contributed by atoms with E-state index in [0.717, 1.165) is 5.76 Å². The lowest BCUT2D eigenvalue weighted by Crippen LogP contribution is -2.35. The molecule has 6 heteroatoms. The molecular weight excluding hydrogens is 234 g/mol. The minimum Gasteiger partial charge on any atom is -0.392 e. The normalized spacial score (nSPS) is 24.2. The molecule has 1 aliphatic rings. The van der Waals surface area contributed by atoms with Gasteiger partial charge in [-0.1, -0.05) is 25.9 Å². The van der Waals surface area contributed by atoms with Crippen LogP contribution in [0, 0.1) is 0 Å². The summed E-state index contributed by atoms with van der Waals surface area (Å²) in [6, 6.07) is 1.36. The molecule has 0 saturated carbocycles. The molecule has 1 amide bonds. The van der Waals surface area contributed by atoms with E-state index in [1.807, 2.05) is 20.8 Å². The van der Waals surface area contributed by atoms with Crippen LogP contribution in [0.5, 0.6) is 0 Å². The predicted molar refractivity (Wildman–Crippen MR) is 66.2 cm³/mol. The number of hydrogen-bond acceptors (Lipinski definition) is 5. The van der Waals surface area contributed by atoms with Crippen LogP contribution in [0.1, 0.15) is 33.0 Å². The molecule has 0 bridgehead atoms. The largest absolute Gasteiger partial charge is 0.392 e. The molecule has 2 atom stereocenters. The third-order valence-electron chi connectivity index (χ3n) is 2.92. The van der Waals surface area contributed by atoms with Crippen molar-refractivity contribution in [2.75, 3.05) is 11.9 Å². The van der Waals surface area contributed by atoms with E-state index < -0.39 is 6.10 Å². The minimum atomic E-state index is -0.455. The standard InChI is InChI=1S/C12H19N3O3/c1-12(2,3)9-5-10(15-18-9)14-11(17)8-4-7(16)6-13-8/h5,7-8,13,16H,4,6H2,1-3H3,(H,14,15,17)/t7-,8?/m1/s1. The van der Waals surface area contributed by atoms with E-state index in [9.17, 15) is 9.90 Å². The summed E-state index contributed by atoms with van der Waals surface area (Å²) in [5, 5.41) is 18.8. The van der Waals surface area contributed by atoms with E-state index in [-0.39, 0.29) is 17.4 Å². The molecule has 1 aliphatic heterocycles. The fourth-order valence-electron chi connectivity index (χ4n) is 1.82. The van der Waals surface area contributed by atoms with Gasteiger partial charge in [0.15, 0.2) is 5.82 Å². The van der Waals surface area contributed by atoms with Gasteiger partial charge in [-0.3, -0.25) is 4.79 Å². The third-order valence-corrected chi connectivity index (χ3v) is 2.92. The zero-order valence-electron chi connectivity index (χ0n) is 10.9. The topological polar surface area (TPSA) is 87.4 Å². The number of anilines is 1. The molecule has 1 saturated heterocycles. The van der Waals surface area contributed by atoms with Gasteiger partial charge in [0.25, 0.3) is 0 Å². The van der Waals surface area contributed by atoms with Gasteiger partial charge in [-0.2, -0.15) is 0 Å². The molecule has 3 N–H and O–H groups in total. The first-order chi connectivity index (χ1) is 8.36. The van der Waals surface area contributed by atoms with Crippen LogP contribution in [0.3, 0.4) is 0 Å². The molecule has 0 spiro atoms. The summed E-state index contributed by atoms with van der Waals surface area (Å²) in [5.74, 6) is 0.936. The Kier molecular flexibility index (Phi) is 3.41. The average molecular weight is 253 g/mol. The Morgan fingerprint density at radius 3 is 2.83 bits per heavy atom. The number of aliphatic hydroxyl groups is 1. The Bertz CT molecular complexity index is 436. The van der Waals surface area contributed by atoms with E-state index in [1.165, 1.54) is 0 Å². The Balaban J connectivity index is 1.97. The number of amides is 1. The third kappa shape index (κ3) is 2.88. The van der Waals surface area contributed by atoms with Gasteiger partial charge in [0.1, 0.15) is 5.76 Å². The van der Waals surface area contributed by atoms with Crippen LogP contribution < -0.4 is 10.6 Å². The number of nitrogens with one attached hydrogen (secondary N) is 2. The van der Waals surface area contributed by atoms with Crippen molar-refractivity contribution < 1.29 is 14.4 Å². The Labute approximate surface area is 106 Å². The first kappa shape index (κ1) is 13.0. The summed E-state index contributed by atoms with van der Waals surface area (Å²) in [5.41, 5.74) is -0.141. The lowest BCUT2D eigenvalue weighted by Gasteiger charge is -2.12. The summed E-state index contributed by atoms with van der Waals surface area (Å²) < 4.78 is 5.18. The van der Waals surface area contributed by atoms with Crippen LogP contribution in [-0.2, 0) is 10.2 Å². The molecule has 2 heterocycles. The highest BCUT2D eigenvalue weighted by Crippen LogP contribution is 2.24. The monoisotopic (exact) mass is 253 g/mol. The molecule has 18 heavy (non-hydrogen) atoms. The lowest BCUT2D eigenvalue weighted by atomic mass is 9.93. The van der Waals surface area contributed by atoms with E-state index in [4.69, 9.17) is 4.52 Å². The molecule has 2 rings (SSSR count). The molecular formula is C12H19N3O3. The molecule has 1 aromatic rings. The minimum absolute atomic E-state index is 0.141. The second kappa shape index (κ2) is 4.70. The Morgan fingerprint density at radius 2 is 2.33 bits per heavy atom. The second-order valence-corrected chi connectivity index (χ2v) is 5.67. The number of nitrogens with zero attached hydrogens (tertiary/aromatic N) is 1. The van der Waals surface area contributed by atoms with E-state index in [0.29, 0.717) is 18.8 Å². The maximum absolute atomic E-state index is 11.9. The average Bonchev–Trinajstić information content (AvgIpc) is 2.85. The van der Waals surface area contributed by atoms with Crippen molar-refractivity contribution in [3.05, 3.63) is 11.8 Å². The zero-order valence-corrected chi connectivity index (χ0v) is 10.9. The summed E-state index contributed by atoms with van der Waals surface area (Å²) in [6.07, 6.45) is -0.0290. The Morgan fingerprint density at radius 1 is 1.61 bits per heavy atom. The molecule has 1 unspecified atom stereocenters. The predicted octanol–water partition coefficient (Wildman–Crippen LogP) is 0.633. The van der Waals surface area contributed by atoms with Gasteiger partial charge in [0.2, 0.25) is 5.91 Å². The van der Waals surface area contributed by atoms with Crippen LogP contribution in [0.25, 0.3) is 0 Å². The van der Waals surface area contributed by atoms with Crippen LogP contribution >= 0.6 is 0 Å².